The smallest absolute Gasteiger partial charge is 0.337 e. The Kier molecular flexibility index (Phi) is 4.69. The summed E-state index contributed by atoms with van der Waals surface area (Å²) in [5.74, 6) is -0.226. The maximum absolute atomic E-state index is 11.7. The number of amides is 1. The van der Waals surface area contributed by atoms with Crippen molar-refractivity contribution in [3.63, 3.8) is 0 Å². The predicted octanol–water partition coefficient (Wildman–Crippen LogP) is 1.86. The third-order valence-electron chi connectivity index (χ3n) is 2.22. The van der Waals surface area contributed by atoms with Gasteiger partial charge in [0.25, 0.3) is 5.91 Å². The van der Waals surface area contributed by atoms with Crippen molar-refractivity contribution in [2.45, 2.75) is 13.8 Å². The average Bonchev–Trinajstić information content (AvgIpc) is 2.35. The lowest BCUT2D eigenvalue weighted by atomic mass is 10.1. The number of carbonyl (C=O) groups excluding carboxylic acids is 2. The molecule has 0 aliphatic heterocycles. The zero-order valence-corrected chi connectivity index (χ0v) is 10.3. The summed E-state index contributed by atoms with van der Waals surface area (Å²) in [6.07, 6.45) is 0. The van der Waals surface area contributed by atoms with Gasteiger partial charge >= 0.3 is 5.97 Å². The zero-order valence-electron chi connectivity index (χ0n) is 10.3. The van der Waals surface area contributed by atoms with Crippen LogP contribution in [0.25, 0.3) is 0 Å². The van der Waals surface area contributed by atoms with Gasteiger partial charge in [0.1, 0.15) is 0 Å². The quantitative estimate of drug-likeness (QED) is 0.810. The Morgan fingerprint density at radius 3 is 2.53 bits per heavy atom. The summed E-state index contributed by atoms with van der Waals surface area (Å²) >= 11 is 0. The van der Waals surface area contributed by atoms with Crippen LogP contribution in [-0.4, -0.2) is 25.5 Å². The van der Waals surface area contributed by atoms with Crippen LogP contribution in [0.2, 0.25) is 0 Å². The molecule has 0 saturated carbocycles. The normalized spacial score (nSPS) is 10.1. The van der Waals surface area contributed by atoms with Crippen molar-refractivity contribution in [1.29, 1.82) is 0 Å². The number of hydrogen-bond donors (Lipinski definition) is 1. The Labute approximate surface area is 101 Å². The van der Waals surface area contributed by atoms with Crippen molar-refractivity contribution in [1.82, 2.24) is 5.32 Å². The molecule has 1 N–H and O–H groups in total. The first-order valence-electron chi connectivity index (χ1n) is 5.51. The van der Waals surface area contributed by atoms with Gasteiger partial charge in [-0.1, -0.05) is 19.9 Å². The Hall–Kier alpha value is -1.84. The molecule has 0 atom stereocenters. The van der Waals surface area contributed by atoms with Gasteiger partial charge in [0.2, 0.25) is 0 Å². The molecule has 0 bridgehead atoms. The number of carbonyl (C=O) groups is 2. The van der Waals surface area contributed by atoms with Gasteiger partial charge in [-0.2, -0.15) is 0 Å². The summed E-state index contributed by atoms with van der Waals surface area (Å²) in [6.45, 7) is 4.65. The van der Waals surface area contributed by atoms with Gasteiger partial charge in [0.15, 0.2) is 0 Å². The third kappa shape index (κ3) is 3.90. The van der Waals surface area contributed by atoms with Gasteiger partial charge in [-0.25, -0.2) is 4.79 Å². The SMILES string of the molecule is COC(=O)c1cccc(C(=O)NCC(C)C)c1. The second-order valence-electron chi connectivity index (χ2n) is 4.18. The van der Waals surface area contributed by atoms with Crippen molar-refractivity contribution in [3.05, 3.63) is 35.4 Å². The molecule has 0 saturated heterocycles. The van der Waals surface area contributed by atoms with E-state index in [-0.39, 0.29) is 5.91 Å². The highest BCUT2D eigenvalue weighted by Gasteiger charge is 2.10. The van der Waals surface area contributed by atoms with Crippen LogP contribution in [0.4, 0.5) is 0 Å². The van der Waals surface area contributed by atoms with Crippen LogP contribution in [0.3, 0.4) is 0 Å². The van der Waals surface area contributed by atoms with Crippen LogP contribution < -0.4 is 5.32 Å². The van der Waals surface area contributed by atoms with Gasteiger partial charge in [0.05, 0.1) is 12.7 Å². The Bertz CT molecular complexity index is 413. The minimum Gasteiger partial charge on any atom is -0.465 e. The average molecular weight is 235 g/mol. The highest BCUT2D eigenvalue weighted by Crippen LogP contribution is 2.06. The monoisotopic (exact) mass is 235 g/mol. The second-order valence-corrected chi connectivity index (χ2v) is 4.18. The summed E-state index contributed by atoms with van der Waals surface area (Å²) in [6, 6.07) is 6.48. The maximum atomic E-state index is 11.7. The molecule has 17 heavy (non-hydrogen) atoms. The highest BCUT2D eigenvalue weighted by atomic mass is 16.5. The molecule has 0 heterocycles. The standard InChI is InChI=1S/C13H17NO3/c1-9(2)8-14-12(15)10-5-4-6-11(7-10)13(16)17-3/h4-7,9H,8H2,1-3H3,(H,14,15). The minimum atomic E-state index is -0.441. The lowest BCUT2D eigenvalue weighted by Gasteiger charge is -2.08. The molecule has 92 valence electrons. The van der Waals surface area contributed by atoms with E-state index in [1.165, 1.54) is 13.2 Å². The molecule has 4 heteroatoms. The molecule has 1 amide bonds. The van der Waals surface area contributed by atoms with Gasteiger partial charge in [-0.05, 0) is 24.1 Å². The van der Waals surface area contributed by atoms with Crippen LogP contribution in [0.15, 0.2) is 24.3 Å². The van der Waals surface area contributed by atoms with Crippen LogP contribution >= 0.6 is 0 Å². The van der Waals surface area contributed by atoms with E-state index in [1.807, 2.05) is 13.8 Å². The van der Waals surface area contributed by atoms with Crippen LogP contribution in [-0.2, 0) is 4.74 Å². The molecule has 1 aromatic rings. The van der Waals surface area contributed by atoms with Crippen LogP contribution in [0.5, 0.6) is 0 Å². The molecule has 4 nitrogen and oxygen atoms in total. The Balaban J connectivity index is 2.77. The molecule has 0 spiro atoms. The summed E-state index contributed by atoms with van der Waals surface area (Å²) in [4.78, 5) is 23.0. The first-order chi connectivity index (χ1) is 8.04. The molecule has 0 unspecified atom stereocenters. The summed E-state index contributed by atoms with van der Waals surface area (Å²) in [5.41, 5.74) is 0.846. The van der Waals surface area contributed by atoms with Gasteiger partial charge in [0, 0.05) is 12.1 Å². The molecule has 0 aliphatic carbocycles. The van der Waals surface area contributed by atoms with E-state index in [4.69, 9.17) is 0 Å². The fraction of sp³-hybridized carbons (Fsp3) is 0.385. The van der Waals surface area contributed by atoms with Crippen molar-refractivity contribution in [2.24, 2.45) is 5.92 Å². The number of hydrogen-bond acceptors (Lipinski definition) is 3. The molecule has 0 aromatic heterocycles. The largest absolute Gasteiger partial charge is 0.465 e. The fourth-order valence-electron chi connectivity index (χ4n) is 1.30. The molecule has 0 radical (unpaired) electrons. The summed E-state index contributed by atoms with van der Waals surface area (Å²) in [7, 11) is 1.31. The first kappa shape index (κ1) is 13.2. The van der Waals surface area contributed by atoms with E-state index < -0.39 is 5.97 Å². The zero-order chi connectivity index (χ0) is 12.8. The van der Waals surface area contributed by atoms with Crippen LogP contribution in [0, 0.1) is 5.92 Å². The first-order valence-corrected chi connectivity index (χ1v) is 5.51. The molecular formula is C13H17NO3. The second kappa shape index (κ2) is 6.03. The van der Waals surface area contributed by atoms with E-state index in [0.29, 0.717) is 23.6 Å². The number of ether oxygens (including phenoxy) is 1. The van der Waals surface area contributed by atoms with E-state index in [0.717, 1.165) is 0 Å². The van der Waals surface area contributed by atoms with Gasteiger partial charge in [-0.15, -0.1) is 0 Å². The highest BCUT2D eigenvalue weighted by molar-refractivity contribution is 5.97. The maximum Gasteiger partial charge on any atom is 0.337 e. The van der Waals surface area contributed by atoms with Gasteiger partial charge in [-0.3, -0.25) is 4.79 Å². The van der Waals surface area contributed by atoms with Crippen molar-refractivity contribution < 1.29 is 14.3 Å². The lowest BCUT2D eigenvalue weighted by molar-refractivity contribution is 0.0600. The lowest BCUT2D eigenvalue weighted by Crippen LogP contribution is -2.27. The molecular weight excluding hydrogens is 218 g/mol. The number of rotatable bonds is 4. The molecule has 1 aromatic carbocycles. The number of methoxy groups -OCH3 is 1. The van der Waals surface area contributed by atoms with E-state index >= 15 is 0 Å². The van der Waals surface area contributed by atoms with Gasteiger partial charge < -0.3 is 10.1 Å². The molecule has 1 rings (SSSR count). The fourth-order valence-corrected chi connectivity index (χ4v) is 1.30. The predicted molar refractivity (Wildman–Crippen MR) is 65.0 cm³/mol. The van der Waals surface area contributed by atoms with E-state index in [9.17, 15) is 9.59 Å². The van der Waals surface area contributed by atoms with Crippen LogP contribution in [0.1, 0.15) is 34.6 Å². The number of esters is 1. The Morgan fingerprint density at radius 2 is 1.94 bits per heavy atom. The molecule has 0 aliphatic rings. The van der Waals surface area contributed by atoms with Crippen molar-refractivity contribution in [3.8, 4) is 0 Å². The topological polar surface area (TPSA) is 55.4 Å². The van der Waals surface area contributed by atoms with E-state index in [1.54, 1.807) is 18.2 Å². The Morgan fingerprint density at radius 1 is 1.29 bits per heavy atom. The van der Waals surface area contributed by atoms with E-state index in [2.05, 4.69) is 10.1 Å². The van der Waals surface area contributed by atoms with Crippen molar-refractivity contribution >= 4 is 11.9 Å². The van der Waals surface area contributed by atoms with Crippen molar-refractivity contribution in [2.75, 3.05) is 13.7 Å². The summed E-state index contributed by atoms with van der Waals surface area (Å²) in [5, 5.41) is 2.79. The minimum absolute atomic E-state index is 0.176. The molecule has 0 fully saturated rings. The number of nitrogens with one attached hydrogen (secondary N) is 1. The summed E-state index contributed by atoms with van der Waals surface area (Å²) < 4.78 is 4.60. The third-order valence-corrected chi connectivity index (χ3v) is 2.22. The number of benzene rings is 1.